The van der Waals surface area contributed by atoms with Gasteiger partial charge in [-0.15, -0.1) is 0 Å². The minimum Gasteiger partial charge on any atom is -0.466 e. The van der Waals surface area contributed by atoms with Crippen molar-refractivity contribution in [3.05, 3.63) is 0 Å². The van der Waals surface area contributed by atoms with Gasteiger partial charge in [0, 0.05) is 31.3 Å². The van der Waals surface area contributed by atoms with Crippen LogP contribution in [0.3, 0.4) is 0 Å². The Morgan fingerprint density at radius 2 is 2.00 bits per heavy atom. The second-order valence-electron chi connectivity index (χ2n) is 3.57. The Morgan fingerprint density at radius 1 is 1.38 bits per heavy atom. The van der Waals surface area contributed by atoms with E-state index in [9.17, 15) is 9.59 Å². The molecule has 0 aromatic carbocycles. The van der Waals surface area contributed by atoms with Gasteiger partial charge < -0.3 is 9.64 Å². The lowest BCUT2D eigenvalue weighted by Gasteiger charge is -2.19. The summed E-state index contributed by atoms with van der Waals surface area (Å²) in [5.74, 6) is -0.0722. The summed E-state index contributed by atoms with van der Waals surface area (Å²) in [7, 11) is 1.77. The van der Waals surface area contributed by atoms with Gasteiger partial charge in [-0.05, 0) is 13.3 Å². The minimum absolute atomic E-state index is 0.112. The predicted molar refractivity (Wildman–Crippen MR) is 66.5 cm³/mol. The van der Waals surface area contributed by atoms with E-state index in [1.165, 1.54) is 0 Å². The van der Waals surface area contributed by atoms with E-state index in [1.807, 2.05) is 6.92 Å². The quantitative estimate of drug-likeness (QED) is 0.532. The Balaban J connectivity index is 3.77. The average Bonchev–Trinajstić information content (AvgIpc) is 2.25. The van der Waals surface area contributed by atoms with Crippen molar-refractivity contribution in [1.82, 2.24) is 4.90 Å². The van der Waals surface area contributed by atoms with E-state index in [0.29, 0.717) is 32.4 Å². The van der Waals surface area contributed by atoms with Crippen molar-refractivity contribution in [3.63, 3.8) is 0 Å². The fraction of sp³-hybridized carbons (Fsp3) is 0.818. The van der Waals surface area contributed by atoms with E-state index in [0.717, 1.165) is 0 Å². The lowest BCUT2D eigenvalue weighted by atomic mass is 10.2. The van der Waals surface area contributed by atoms with E-state index in [4.69, 9.17) is 4.74 Å². The maximum Gasteiger partial charge on any atom is 0.305 e. The van der Waals surface area contributed by atoms with Crippen molar-refractivity contribution >= 4 is 27.8 Å². The van der Waals surface area contributed by atoms with Gasteiger partial charge in [-0.2, -0.15) is 0 Å². The molecule has 1 unspecified atom stereocenters. The first kappa shape index (κ1) is 15.4. The molecule has 16 heavy (non-hydrogen) atoms. The number of halogens is 1. The van der Waals surface area contributed by atoms with Crippen molar-refractivity contribution < 1.29 is 14.3 Å². The van der Waals surface area contributed by atoms with Crippen molar-refractivity contribution in [2.45, 2.75) is 37.9 Å². The Labute approximate surface area is 105 Å². The van der Waals surface area contributed by atoms with Gasteiger partial charge in [-0.3, -0.25) is 9.59 Å². The van der Waals surface area contributed by atoms with Crippen LogP contribution in [0.5, 0.6) is 0 Å². The highest BCUT2D eigenvalue weighted by Crippen LogP contribution is 2.10. The van der Waals surface area contributed by atoms with Crippen LogP contribution in [0.15, 0.2) is 0 Å². The summed E-state index contributed by atoms with van der Waals surface area (Å²) in [6.07, 6.45) is 1.58. The molecule has 0 rings (SSSR count). The number of amides is 1. The van der Waals surface area contributed by atoms with Crippen LogP contribution in [-0.2, 0) is 14.3 Å². The number of rotatable bonds is 7. The summed E-state index contributed by atoms with van der Waals surface area (Å²) in [6.45, 7) is 4.66. The van der Waals surface area contributed by atoms with Crippen LogP contribution in [0.4, 0.5) is 0 Å². The van der Waals surface area contributed by atoms with E-state index in [-0.39, 0.29) is 16.7 Å². The number of alkyl halides is 1. The summed E-state index contributed by atoms with van der Waals surface area (Å²) in [4.78, 5) is 24.2. The van der Waals surface area contributed by atoms with Crippen molar-refractivity contribution in [3.8, 4) is 0 Å². The van der Waals surface area contributed by atoms with Crippen LogP contribution in [0.2, 0.25) is 0 Å². The summed E-state index contributed by atoms with van der Waals surface area (Å²) in [5.41, 5.74) is 0. The third kappa shape index (κ3) is 6.82. The molecule has 5 heteroatoms. The fourth-order valence-corrected chi connectivity index (χ4v) is 1.93. The van der Waals surface area contributed by atoms with Gasteiger partial charge in [-0.1, -0.05) is 22.9 Å². The van der Waals surface area contributed by atoms with Gasteiger partial charge in [0.15, 0.2) is 0 Å². The first-order valence-electron chi connectivity index (χ1n) is 5.54. The Bertz CT molecular complexity index is 233. The Morgan fingerprint density at radius 3 is 2.50 bits per heavy atom. The van der Waals surface area contributed by atoms with Crippen LogP contribution >= 0.6 is 15.9 Å². The molecule has 0 fully saturated rings. The molecule has 0 heterocycles. The highest BCUT2D eigenvalue weighted by atomic mass is 79.9. The maximum absolute atomic E-state index is 11.3. The monoisotopic (exact) mass is 293 g/mol. The lowest BCUT2D eigenvalue weighted by molar-refractivity contribution is -0.143. The summed E-state index contributed by atoms with van der Waals surface area (Å²) in [5, 5.41) is 0. The topological polar surface area (TPSA) is 46.6 Å². The third-order valence-electron chi connectivity index (χ3n) is 2.17. The number of esters is 1. The Hall–Kier alpha value is -0.580. The molecule has 0 aromatic heterocycles. The summed E-state index contributed by atoms with van der Waals surface area (Å²) < 4.78 is 4.83. The van der Waals surface area contributed by atoms with Crippen LogP contribution in [-0.4, -0.2) is 41.8 Å². The van der Waals surface area contributed by atoms with Crippen molar-refractivity contribution in [2.24, 2.45) is 0 Å². The molecule has 0 aliphatic rings. The molecule has 94 valence electrons. The van der Waals surface area contributed by atoms with Crippen molar-refractivity contribution in [2.75, 3.05) is 20.2 Å². The molecule has 0 N–H and O–H groups in total. The molecule has 0 spiro atoms. The van der Waals surface area contributed by atoms with Crippen LogP contribution < -0.4 is 0 Å². The second kappa shape index (κ2) is 8.56. The molecule has 0 aliphatic heterocycles. The SMILES string of the molecule is CCOC(=O)CCC(Br)CN(C)C(=O)CC. The Kier molecular flexibility index (Phi) is 8.25. The van der Waals surface area contributed by atoms with E-state index in [2.05, 4.69) is 15.9 Å². The second-order valence-corrected chi connectivity index (χ2v) is 4.86. The summed E-state index contributed by atoms with van der Waals surface area (Å²) in [6, 6.07) is 0. The molecule has 0 aromatic rings. The first-order chi connectivity index (χ1) is 7.51. The van der Waals surface area contributed by atoms with Gasteiger partial charge in [0.1, 0.15) is 0 Å². The zero-order valence-electron chi connectivity index (χ0n) is 10.2. The normalized spacial score (nSPS) is 12.0. The summed E-state index contributed by atoms with van der Waals surface area (Å²) >= 11 is 3.45. The molecular formula is C11H20BrNO3. The molecule has 0 radical (unpaired) electrons. The van der Waals surface area contributed by atoms with Gasteiger partial charge in [0.2, 0.25) is 5.91 Å². The highest BCUT2D eigenvalue weighted by Gasteiger charge is 2.13. The van der Waals surface area contributed by atoms with Gasteiger partial charge >= 0.3 is 5.97 Å². The lowest BCUT2D eigenvalue weighted by Crippen LogP contribution is -2.31. The number of carbonyl (C=O) groups is 2. The predicted octanol–water partition coefficient (Wildman–Crippen LogP) is 1.96. The third-order valence-corrected chi connectivity index (χ3v) is 2.91. The molecule has 1 amide bonds. The van der Waals surface area contributed by atoms with Gasteiger partial charge in [0.05, 0.1) is 6.61 Å². The number of hydrogen-bond acceptors (Lipinski definition) is 3. The largest absolute Gasteiger partial charge is 0.466 e. The smallest absolute Gasteiger partial charge is 0.305 e. The zero-order valence-corrected chi connectivity index (χ0v) is 11.7. The molecule has 0 aliphatic carbocycles. The average molecular weight is 294 g/mol. The number of ether oxygens (including phenoxy) is 1. The number of nitrogens with zero attached hydrogens (tertiary/aromatic N) is 1. The molecule has 0 saturated carbocycles. The van der Waals surface area contributed by atoms with Crippen LogP contribution in [0.25, 0.3) is 0 Å². The van der Waals surface area contributed by atoms with Crippen LogP contribution in [0, 0.1) is 0 Å². The van der Waals surface area contributed by atoms with E-state index in [1.54, 1.807) is 18.9 Å². The fourth-order valence-electron chi connectivity index (χ4n) is 1.27. The molecule has 1 atom stereocenters. The molecular weight excluding hydrogens is 274 g/mol. The van der Waals surface area contributed by atoms with Crippen molar-refractivity contribution in [1.29, 1.82) is 0 Å². The van der Waals surface area contributed by atoms with E-state index < -0.39 is 0 Å². The van der Waals surface area contributed by atoms with Gasteiger partial charge in [0.25, 0.3) is 0 Å². The molecule has 0 bridgehead atoms. The number of hydrogen-bond donors (Lipinski definition) is 0. The maximum atomic E-state index is 11.3. The van der Waals surface area contributed by atoms with Crippen LogP contribution in [0.1, 0.15) is 33.1 Å². The van der Waals surface area contributed by atoms with E-state index >= 15 is 0 Å². The number of carbonyl (C=O) groups excluding carboxylic acids is 2. The zero-order chi connectivity index (χ0) is 12.6. The standard InChI is InChI=1S/C11H20BrNO3/c1-4-10(14)13(3)8-9(12)6-7-11(15)16-5-2/h9H,4-8H2,1-3H3. The first-order valence-corrected chi connectivity index (χ1v) is 6.46. The van der Waals surface area contributed by atoms with Gasteiger partial charge in [-0.25, -0.2) is 0 Å². The minimum atomic E-state index is -0.184. The molecule has 0 saturated heterocycles. The highest BCUT2D eigenvalue weighted by molar-refractivity contribution is 9.09. The molecule has 4 nitrogen and oxygen atoms in total.